The summed E-state index contributed by atoms with van der Waals surface area (Å²) in [7, 11) is 0. The number of benzene rings is 2. The Kier molecular flexibility index (Phi) is 4.77. The van der Waals surface area contributed by atoms with Gasteiger partial charge in [-0.2, -0.15) is 0 Å². The fraction of sp³-hybridized carbons (Fsp3) is 0.0667. The summed E-state index contributed by atoms with van der Waals surface area (Å²) in [4.78, 5) is 11.1. The Morgan fingerprint density at radius 2 is 1.95 bits per heavy atom. The highest BCUT2D eigenvalue weighted by Crippen LogP contribution is 2.20. The maximum absolute atomic E-state index is 11.1. The fourth-order valence-corrected chi connectivity index (χ4v) is 2.26. The molecule has 1 amide bonds. The minimum absolute atomic E-state index is 0.419. The van der Waals surface area contributed by atoms with Crippen molar-refractivity contribution in [1.82, 2.24) is 0 Å². The summed E-state index contributed by atoms with van der Waals surface area (Å²) in [6.07, 6.45) is 0. The maximum Gasteiger partial charge on any atom is 0.248 e. The summed E-state index contributed by atoms with van der Waals surface area (Å²) in [6, 6.07) is 12.3. The molecular weight excluding hydrogens is 306 g/mol. The molecule has 0 saturated heterocycles. The number of halogens is 1. The third kappa shape index (κ3) is 4.18. The van der Waals surface area contributed by atoms with E-state index in [-0.39, 0.29) is 0 Å². The Morgan fingerprint density at radius 3 is 2.62 bits per heavy atom. The average molecular weight is 320 g/mol. The Bertz CT molecular complexity index is 703. The van der Waals surface area contributed by atoms with E-state index in [1.165, 1.54) is 0 Å². The molecule has 0 atom stereocenters. The van der Waals surface area contributed by atoms with Crippen LogP contribution in [0.1, 0.15) is 15.9 Å². The van der Waals surface area contributed by atoms with E-state index in [4.69, 9.17) is 29.6 Å². The van der Waals surface area contributed by atoms with E-state index in [1.807, 2.05) is 19.1 Å². The molecule has 2 rings (SSSR count). The molecule has 21 heavy (non-hydrogen) atoms. The third-order valence-corrected chi connectivity index (χ3v) is 3.28. The summed E-state index contributed by atoms with van der Waals surface area (Å²) in [5, 5.41) is 7.18. The van der Waals surface area contributed by atoms with Gasteiger partial charge in [0, 0.05) is 22.0 Å². The van der Waals surface area contributed by atoms with Gasteiger partial charge in [-0.05, 0) is 61.1 Å². The molecule has 0 heterocycles. The molecule has 2 aromatic carbocycles. The van der Waals surface area contributed by atoms with Crippen molar-refractivity contribution >= 4 is 46.2 Å². The lowest BCUT2D eigenvalue weighted by Gasteiger charge is -2.13. The molecule has 0 unspecified atom stereocenters. The smallest absolute Gasteiger partial charge is 0.248 e. The number of carbonyl (C=O) groups excluding carboxylic acids is 1. The molecule has 6 heteroatoms. The van der Waals surface area contributed by atoms with Crippen LogP contribution in [0.25, 0.3) is 0 Å². The third-order valence-electron chi connectivity index (χ3n) is 2.84. The number of hydrogen-bond acceptors (Lipinski definition) is 2. The van der Waals surface area contributed by atoms with Crippen molar-refractivity contribution < 1.29 is 4.79 Å². The number of anilines is 2. The van der Waals surface area contributed by atoms with Gasteiger partial charge in [0.05, 0.1) is 0 Å². The zero-order chi connectivity index (χ0) is 15.4. The van der Waals surface area contributed by atoms with Crippen LogP contribution in [0.5, 0.6) is 0 Å². The molecule has 0 aromatic heterocycles. The van der Waals surface area contributed by atoms with Gasteiger partial charge >= 0.3 is 0 Å². The Hall–Kier alpha value is -2.11. The van der Waals surface area contributed by atoms with Crippen LogP contribution in [0, 0.1) is 6.92 Å². The summed E-state index contributed by atoms with van der Waals surface area (Å²) in [6.45, 7) is 1.94. The zero-order valence-electron chi connectivity index (χ0n) is 11.3. The molecule has 0 radical (unpaired) electrons. The highest BCUT2D eigenvalue weighted by atomic mass is 35.5. The molecule has 108 valence electrons. The highest BCUT2D eigenvalue weighted by molar-refractivity contribution is 7.80. The Labute approximate surface area is 133 Å². The van der Waals surface area contributed by atoms with Gasteiger partial charge in [0.15, 0.2) is 5.11 Å². The molecule has 0 aliphatic rings. The highest BCUT2D eigenvalue weighted by Gasteiger charge is 2.05. The standard InChI is InChI=1S/C15H14ClN3OS/c1-9-7-11(16)5-6-13(9)19-15(21)18-12-4-2-3-10(8-12)14(17)20/h2-8H,1H3,(H2,17,20)(H2,18,19,21). The van der Waals surface area contributed by atoms with Gasteiger partial charge in [-0.25, -0.2) is 0 Å². The number of carbonyl (C=O) groups is 1. The molecule has 4 N–H and O–H groups in total. The van der Waals surface area contributed by atoms with Crippen molar-refractivity contribution in [2.75, 3.05) is 10.6 Å². The van der Waals surface area contributed by atoms with E-state index >= 15 is 0 Å². The van der Waals surface area contributed by atoms with Crippen LogP contribution in [-0.2, 0) is 0 Å². The molecule has 0 saturated carbocycles. The molecule has 0 aliphatic heterocycles. The number of nitrogens with two attached hydrogens (primary N) is 1. The first-order valence-corrected chi connectivity index (χ1v) is 6.98. The monoisotopic (exact) mass is 319 g/mol. The van der Waals surface area contributed by atoms with Crippen molar-refractivity contribution in [3.05, 3.63) is 58.6 Å². The predicted octanol–water partition coefficient (Wildman–Crippen LogP) is 3.56. The van der Waals surface area contributed by atoms with Crippen molar-refractivity contribution in [3.8, 4) is 0 Å². The second-order valence-electron chi connectivity index (χ2n) is 4.48. The lowest BCUT2D eigenvalue weighted by molar-refractivity contribution is 0.100. The predicted molar refractivity (Wildman–Crippen MR) is 91.0 cm³/mol. The Balaban J connectivity index is 2.08. The van der Waals surface area contributed by atoms with E-state index in [0.29, 0.717) is 21.4 Å². The molecular formula is C15H14ClN3OS. The van der Waals surface area contributed by atoms with E-state index in [0.717, 1.165) is 11.3 Å². The first-order valence-electron chi connectivity index (χ1n) is 6.20. The van der Waals surface area contributed by atoms with Crippen LogP contribution in [0.4, 0.5) is 11.4 Å². The van der Waals surface area contributed by atoms with Crippen molar-refractivity contribution in [2.45, 2.75) is 6.92 Å². The number of primary amides is 1. The van der Waals surface area contributed by atoms with Gasteiger partial charge in [0.25, 0.3) is 0 Å². The SMILES string of the molecule is Cc1cc(Cl)ccc1NC(=S)Nc1cccc(C(N)=O)c1. The van der Waals surface area contributed by atoms with Crippen molar-refractivity contribution in [3.63, 3.8) is 0 Å². The zero-order valence-corrected chi connectivity index (χ0v) is 12.9. The minimum atomic E-state index is -0.480. The van der Waals surface area contributed by atoms with Crippen LogP contribution in [0.2, 0.25) is 5.02 Å². The van der Waals surface area contributed by atoms with E-state index in [9.17, 15) is 4.79 Å². The molecule has 0 spiro atoms. The van der Waals surface area contributed by atoms with Gasteiger partial charge in [-0.1, -0.05) is 17.7 Å². The van der Waals surface area contributed by atoms with E-state index in [2.05, 4.69) is 10.6 Å². The first-order chi connectivity index (χ1) is 9.95. The molecule has 0 fully saturated rings. The van der Waals surface area contributed by atoms with Gasteiger partial charge in [-0.3, -0.25) is 4.79 Å². The molecule has 4 nitrogen and oxygen atoms in total. The number of hydrogen-bond donors (Lipinski definition) is 3. The normalized spacial score (nSPS) is 10.0. The number of amides is 1. The quantitative estimate of drug-likeness (QED) is 0.757. The molecule has 0 aliphatic carbocycles. The summed E-state index contributed by atoms with van der Waals surface area (Å²) in [5.74, 6) is -0.480. The van der Waals surface area contributed by atoms with Crippen LogP contribution in [0.3, 0.4) is 0 Å². The first kappa shape index (κ1) is 15.3. The topological polar surface area (TPSA) is 67.2 Å². The van der Waals surface area contributed by atoms with Gasteiger partial charge in [0.2, 0.25) is 5.91 Å². The lowest BCUT2D eigenvalue weighted by Crippen LogP contribution is -2.20. The number of rotatable bonds is 3. The number of nitrogens with one attached hydrogen (secondary N) is 2. The van der Waals surface area contributed by atoms with Crippen molar-refractivity contribution in [1.29, 1.82) is 0 Å². The largest absolute Gasteiger partial charge is 0.366 e. The average Bonchev–Trinajstić information content (AvgIpc) is 2.42. The fourth-order valence-electron chi connectivity index (χ4n) is 1.80. The second kappa shape index (κ2) is 6.56. The van der Waals surface area contributed by atoms with Gasteiger partial charge < -0.3 is 16.4 Å². The maximum atomic E-state index is 11.1. The number of aryl methyl sites for hydroxylation is 1. The van der Waals surface area contributed by atoms with Gasteiger partial charge in [-0.15, -0.1) is 0 Å². The Morgan fingerprint density at radius 1 is 1.19 bits per heavy atom. The van der Waals surface area contributed by atoms with Crippen LogP contribution in [0.15, 0.2) is 42.5 Å². The minimum Gasteiger partial charge on any atom is -0.366 e. The summed E-state index contributed by atoms with van der Waals surface area (Å²) >= 11 is 11.2. The van der Waals surface area contributed by atoms with Crippen LogP contribution in [-0.4, -0.2) is 11.0 Å². The number of thiocarbonyl (C=S) groups is 1. The molecule has 2 aromatic rings. The second-order valence-corrected chi connectivity index (χ2v) is 5.33. The molecule has 0 bridgehead atoms. The lowest BCUT2D eigenvalue weighted by atomic mass is 10.2. The van der Waals surface area contributed by atoms with E-state index < -0.39 is 5.91 Å². The van der Waals surface area contributed by atoms with Gasteiger partial charge in [0.1, 0.15) is 0 Å². The van der Waals surface area contributed by atoms with E-state index in [1.54, 1.807) is 30.3 Å². The van der Waals surface area contributed by atoms with Crippen molar-refractivity contribution in [2.24, 2.45) is 5.73 Å². The van der Waals surface area contributed by atoms with Crippen LogP contribution >= 0.6 is 23.8 Å². The summed E-state index contributed by atoms with van der Waals surface area (Å²) < 4.78 is 0. The van der Waals surface area contributed by atoms with Crippen LogP contribution < -0.4 is 16.4 Å². The summed E-state index contributed by atoms with van der Waals surface area (Å²) in [5.41, 5.74) is 8.20.